The molecule has 0 aliphatic carbocycles. The first-order chi connectivity index (χ1) is 16.5. The quantitative estimate of drug-likeness (QED) is 0.257. The lowest BCUT2D eigenvalue weighted by atomic mass is 9.87. The second kappa shape index (κ2) is 8.03. The lowest BCUT2D eigenvalue weighted by Gasteiger charge is -2.33. The lowest BCUT2D eigenvalue weighted by molar-refractivity contribution is 0.590. The average molecular weight is 459 g/mol. The fraction of sp³-hybridized carbons (Fsp3) is 0.129. The van der Waals surface area contributed by atoms with E-state index in [1.54, 1.807) is 0 Å². The highest BCUT2D eigenvalue weighted by Gasteiger charge is 2.25. The SMILES string of the molecule is CC(C)(C)c1ccc(N2c3ccccc3Sc3cc(-c4nccc5ccccc45)ccc32)cc1. The van der Waals surface area contributed by atoms with Gasteiger partial charge in [-0.3, -0.25) is 4.98 Å². The molecule has 4 aromatic carbocycles. The molecule has 0 unspecified atom stereocenters. The first-order valence-corrected chi connectivity index (χ1v) is 12.5. The van der Waals surface area contributed by atoms with Crippen LogP contribution in [0.5, 0.6) is 0 Å². The summed E-state index contributed by atoms with van der Waals surface area (Å²) in [6, 6.07) is 35.0. The third kappa shape index (κ3) is 3.57. The molecule has 0 spiro atoms. The van der Waals surface area contributed by atoms with Crippen LogP contribution >= 0.6 is 11.8 Å². The number of hydrogen-bond acceptors (Lipinski definition) is 3. The number of pyridine rings is 1. The van der Waals surface area contributed by atoms with Crippen LogP contribution in [0, 0.1) is 0 Å². The summed E-state index contributed by atoms with van der Waals surface area (Å²) in [6.07, 6.45) is 1.91. The van der Waals surface area contributed by atoms with E-state index in [0.29, 0.717) is 0 Å². The summed E-state index contributed by atoms with van der Waals surface area (Å²) in [5.74, 6) is 0. The van der Waals surface area contributed by atoms with Crippen LogP contribution in [0.15, 0.2) is 113 Å². The molecule has 5 aromatic rings. The van der Waals surface area contributed by atoms with Gasteiger partial charge in [0.2, 0.25) is 0 Å². The molecule has 166 valence electrons. The highest BCUT2D eigenvalue weighted by molar-refractivity contribution is 7.99. The molecular formula is C31H26N2S. The zero-order chi connectivity index (χ0) is 23.3. The normalized spacial score (nSPS) is 13.0. The van der Waals surface area contributed by atoms with E-state index < -0.39 is 0 Å². The van der Waals surface area contributed by atoms with Crippen molar-refractivity contribution in [1.82, 2.24) is 4.98 Å². The second-order valence-corrected chi connectivity index (χ2v) is 10.8. The first kappa shape index (κ1) is 21.0. The minimum absolute atomic E-state index is 0.131. The molecule has 0 bridgehead atoms. The maximum absolute atomic E-state index is 4.76. The van der Waals surface area contributed by atoms with Gasteiger partial charge in [0.05, 0.1) is 17.1 Å². The van der Waals surface area contributed by atoms with Crippen LogP contribution in [0.1, 0.15) is 26.3 Å². The van der Waals surface area contributed by atoms with Gasteiger partial charge in [0, 0.05) is 32.6 Å². The summed E-state index contributed by atoms with van der Waals surface area (Å²) in [5.41, 5.74) is 7.25. The summed E-state index contributed by atoms with van der Waals surface area (Å²) in [5, 5.41) is 2.39. The Hall–Kier alpha value is -3.56. The topological polar surface area (TPSA) is 16.1 Å². The number of para-hydroxylation sites is 1. The molecule has 0 fully saturated rings. The molecule has 6 rings (SSSR count). The zero-order valence-electron chi connectivity index (χ0n) is 19.6. The van der Waals surface area contributed by atoms with Crippen LogP contribution in [0.3, 0.4) is 0 Å². The first-order valence-electron chi connectivity index (χ1n) is 11.6. The molecule has 2 heterocycles. The Balaban J connectivity index is 1.49. The fourth-order valence-corrected chi connectivity index (χ4v) is 5.74. The number of nitrogens with zero attached hydrogens (tertiary/aromatic N) is 2. The molecule has 0 saturated heterocycles. The highest BCUT2D eigenvalue weighted by atomic mass is 32.2. The predicted octanol–water partition coefficient (Wildman–Crippen LogP) is 9.13. The smallest absolute Gasteiger partial charge is 0.0780 e. The van der Waals surface area contributed by atoms with Crippen molar-refractivity contribution in [2.45, 2.75) is 36.0 Å². The molecule has 1 aliphatic heterocycles. The summed E-state index contributed by atoms with van der Waals surface area (Å²) in [4.78, 5) is 9.64. The van der Waals surface area contributed by atoms with Gasteiger partial charge in [0.25, 0.3) is 0 Å². The molecule has 0 N–H and O–H groups in total. The van der Waals surface area contributed by atoms with Gasteiger partial charge in [-0.15, -0.1) is 0 Å². The van der Waals surface area contributed by atoms with E-state index in [0.717, 1.165) is 11.3 Å². The lowest BCUT2D eigenvalue weighted by Crippen LogP contribution is -2.16. The standard InChI is InChI=1S/C31H26N2S/c1-31(2,3)23-13-15-24(16-14-23)33-26-10-6-7-11-28(26)34-29-20-22(12-17-27(29)33)30-25-9-5-4-8-21(25)18-19-32-30/h4-20H,1-3H3. The minimum Gasteiger partial charge on any atom is -0.308 e. The highest BCUT2D eigenvalue weighted by Crippen LogP contribution is 2.52. The van der Waals surface area contributed by atoms with E-state index in [1.165, 1.54) is 43.2 Å². The molecule has 0 atom stereocenters. The van der Waals surface area contributed by atoms with E-state index in [1.807, 2.05) is 18.0 Å². The van der Waals surface area contributed by atoms with Crippen LogP contribution in [0.2, 0.25) is 0 Å². The summed E-state index contributed by atoms with van der Waals surface area (Å²) in [7, 11) is 0. The van der Waals surface area contributed by atoms with Crippen molar-refractivity contribution in [2.24, 2.45) is 0 Å². The average Bonchev–Trinajstić information content (AvgIpc) is 2.86. The van der Waals surface area contributed by atoms with Gasteiger partial charge in [0.1, 0.15) is 0 Å². The molecule has 2 nitrogen and oxygen atoms in total. The van der Waals surface area contributed by atoms with Crippen molar-refractivity contribution in [3.8, 4) is 11.3 Å². The van der Waals surface area contributed by atoms with Crippen molar-refractivity contribution >= 4 is 39.6 Å². The van der Waals surface area contributed by atoms with Crippen molar-refractivity contribution in [2.75, 3.05) is 4.90 Å². The molecule has 34 heavy (non-hydrogen) atoms. The van der Waals surface area contributed by atoms with Crippen molar-refractivity contribution in [3.63, 3.8) is 0 Å². The Labute approximate surface area is 205 Å². The maximum atomic E-state index is 4.76. The largest absolute Gasteiger partial charge is 0.308 e. The molecule has 1 aliphatic rings. The number of rotatable bonds is 2. The Morgan fingerprint density at radius 2 is 1.44 bits per heavy atom. The number of hydrogen-bond donors (Lipinski definition) is 0. The van der Waals surface area contributed by atoms with E-state index in [9.17, 15) is 0 Å². The van der Waals surface area contributed by atoms with Crippen molar-refractivity contribution in [3.05, 3.63) is 109 Å². The van der Waals surface area contributed by atoms with E-state index >= 15 is 0 Å². The maximum Gasteiger partial charge on any atom is 0.0780 e. The van der Waals surface area contributed by atoms with E-state index in [2.05, 4.69) is 123 Å². The second-order valence-electron chi connectivity index (χ2n) is 9.77. The van der Waals surface area contributed by atoms with Crippen LogP contribution in [-0.4, -0.2) is 4.98 Å². The number of aromatic nitrogens is 1. The monoisotopic (exact) mass is 458 g/mol. The Morgan fingerprint density at radius 1 is 0.706 bits per heavy atom. The third-order valence-corrected chi connectivity index (χ3v) is 7.58. The van der Waals surface area contributed by atoms with Gasteiger partial charge in [0.15, 0.2) is 0 Å². The van der Waals surface area contributed by atoms with Gasteiger partial charge >= 0.3 is 0 Å². The van der Waals surface area contributed by atoms with Crippen LogP contribution < -0.4 is 4.90 Å². The van der Waals surface area contributed by atoms with Gasteiger partial charge in [-0.2, -0.15) is 0 Å². The summed E-state index contributed by atoms with van der Waals surface area (Å²) in [6.45, 7) is 6.77. The summed E-state index contributed by atoms with van der Waals surface area (Å²) < 4.78 is 0. The third-order valence-electron chi connectivity index (χ3n) is 6.47. The van der Waals surface area contributed by atoms with Crippen molar-refractivity contribution < 1.29 is 0 Å². The Kier molecular flexibility index (Phi) is 4.96. The molecule has 1 aromatic heterocycles. The van der Waals surface area contributed by atoms with Crippen molar-refractivity contribution in [1.29, 1.82) is 0 Å². The van der Waals surface area contributed by atoms with Gasteiger partial charge in [-0.25, -0.2) is 0 Å². The Bertz CT molecular complexity index is 1510. The molecule has 0 radical (unpaired) electrons. The van der Waals surface area contributed by atoms with Gasteiger partial charge in [-0.05, 0) is 58.8 Å². The van der Waals surface area contributed by atoms with E-state index in [-0.39, 0.29) is 5.41 Å². The van der Waals surface area contributed by atoms with Crippen LogP contribution in [0.25, 0.3) is 22.0 Å². The minimum atomic E-state index is 0.131. The van der Waals surface area contributed by atoms with Gasteiger partial charge in [-0.1, -0.05) is 87.1 Å². The predicted molar refractivity (Wildman–Crippen MR) is 145 cm³/mol. The molecule has 0 saturated carbocycles. The van der Waals surface area contributed by atoms with Gasteiger partial charge < -0.3 is 4.90 Å². The van der Waals surface area contributed by atoms with Crippen LogP contribution in [0.4, 0.5) is 17.1 Å². The fourth-order valence-electron chi connectivity index (χ4n) is 4.64. The number of benzene rings is 4. The Morgan fingerprint density at radius 3 is 2.26 bits per heavy atom. The number of anilines is 3. The summed E-state index contributed by atoms with van der Waals surface area (Å²) >= 11 is 1.83. The zero-order valence-corrected chi connectivity index (χ0v) is 20.4. The molecule has 3 heteroatoms. The van der Waals surface area contributed by atoms with Crippen LogP contribution in [-0.2, 0) is 5.41 Å². The molecule has 0 amide bonds. The number of fused-ring (bicyclic) bond motifs is 3. The van der Waals surface area contributed by atoms with E-state index in [4.69, 9.17) is 4.98 Å². The molecular weight excluding hydrogens is 432 g/mol.